The molecule has 0 saturated heterocycles. The van der Waals surface area contributed by atoms with E-state index < -0.39 is 8.07 Å². The van der Waals surface area contributed by atoms with Crippen LogP contribution >= 0.6 is 0 Å². The van der Waals surface area contributed by atoms with Crippen molar-refractivity contribution in [3.8, 4) is 0 Å². The van der Waals surface area contributed by atoms with Crippen molar-refractivity contribution in [3.63, 3.8) is 0 Å². The van der Waals surface area contributed by atoms with E-state index in [9.17, 15) is 4.79 Å². The minimum absolute atomic E-state index is 0.300. The summed E-state index contributed by atoms with van der Waals surface area (Å²) < 4.78 is 0. The van der Waals surface area contributed by atoms with Gasteiger partial charge >= 0.3 is 6.03 Å². The van der Waals surface area contributed by atoms with E-state index in [1.54, 1.807) is 0 Å². The second kappa shape index (κ2) is 5.16. The molecule has 0 aliphatic carbocycles. The van der Waals surface area contributed by atoms with Crippen LogP contribution in [-0.4, -0.2) is 20.6 Å². The molecule has 12 heavy (non-hydrogen) atoms. The van der Waals surface area contributed by atoms with Gasteiger partial charge in [-0.2, -0.15) is 0 Å². The lowest BCUT2D eigenvalue weighted by Gasteiger charge is -2.15. The molecule has 0 aromatic rings. The Morgan fingerprint density at radius 2 is 2.00 bits per heavy atom. The zero-order valence-electron chi connectivity index (χ0n) is 8.11. The topological polar surface area (TPSA) is 67.2 Å². The monoisotopic (exact) mass is 189 g/mol. The number of amides is 2. The Morgan fingerprint density at radius 3 is 2.42 bits per heavy atom. The minimum atomic E-state index is -0.942. The molecule has 0 aromatic carbocycles. The van der Waals surface area contributed by atoms with Crippen LogP contribution in [0.5, 0.6) is 0 Å². The molecule has 0 unspecified atom stereocenters. The van der Waals surface area contributed by atoms with Gasteiger partial charge in [0.1, 0.15) is 0 Å². The quantitative estimate of drug-likeness (QED) is 0.202. The van der Waals surface area contributed by atoms with Gasteiger partial charge in [-0.05, 0) is 6.42 Å². The summed E-state index contributed by atoms with van der Waals surface area (Å²) in [6.45, 7) is 7.66. The number of hydrogen-bond acceptors (Lipinski definition) is 2. The van der Waals surface area contributed by atoms with Gasteiger partial charge in [-0.3, -0.25) is 5.43 Å². The first-order chi connectivity index (χ1) is 5.45. The number of carbonyl (C=O) groups excluding carboxylic acids is 1. The molecule has 0 fully saturated rings. The normalized spacial score (nSPS) is 11.0. The van der Waals surface area contributed by atoms with Gasteiger partial charge < -0.3 is 5.32 Å². The van der Waals surface area contributed by atoms with Gasteiger partial charge in [-0.1, -0.05) is 25.7 Å². The molecular formula is C7H19N3OSi. The molecule has 0 aromatic heterocycles. The summed E-state index contributed by atoms with van der Waals surface area (Å²) in [6.07, 6.45) is 1.04. The van der Waals surface area contributed by atoms with E-state index in [4.69, 9.17) is 5.84 Å². The number of nitrogens with two attached hydrogens (primary N) is 1. The third kappa shape index (κ3) is 7.55. The Kier molecular flexibility index (Phi) is 4.92. The van der Waals surface area contributed by atoms with Gasteiger partial charge in [0.2, 0.25) is 0 Å². The van der Waals surface area contributed by atoms with E-state index >= 15 is 0 Å². The number of carbonyl (C=O) groups is 1. The van der Waals surface area contributed by atoms with Crippen LogP contribution in [0.3, 0.4) is 0 Å². The second-order valence-corrected chi connectivity index (χ2v) is 9.69. The van der Waals surface area contributed by atoms with Crippen LogP contribution in [0.15, 0.2) is 0 Å². The standard InChI is InChI=1S/C7H19N3OSi/c1-12(2,3)6-4-5-9-7(11)10-8/h4-6,8H2,1-3H3,(H2,9,10,11). The Bertz CT molecular complexity index is 144. The lowest BCUT2D eigenvalue weighted by molar-refractivity contribution is 0.241. The van der Waals surface area contributed by atoms with Crippen molar-refractivity contribution < 1.29 is 4.79 Å². The van der Waals surface area contributed by atoms with Crippen molar-refractivity contribution in [2.75, 3.05) is 6.54 Å². The zero-order valence-corrected chi connectivity index (χ0v) is 9.11. The largest absolute Gasteiger partial charge is 0.337 e. The van der Waals surface area contributed by atoms with Crippen LogP contribution in [0.2, 0.25) is 25.7 Å². The van der Waals surface area contributed by atoms with Gasteiger partial charge in [0.15, 0.2) is 0 Å². The maximum Gasteiger partial charge on any atom is 0.328 e. The fourth-order valence-corrected chi connectivity index (χ4v) is 2.11. The maximum atomic E-state index is 10.6. The number of rotatable bonds is 4. The van der Waals surface area contributed by atoms with Crippen LogP contribution in [0.25, 0.3) is 0 Å². The van der Waals surface area contributed by atoms with E-state index in [2.05, 4.69) is 25.0 Å². The molecule has 0 heterocycles. The van der Waals surface area contributed by atoms with Crippen molar-refractivity contribution in [3.05, 3.63) is 0 Å². The zero-order chi connectivity index (χ0) is 9.61. The number of hydrogen-bond donors (Lipinski definition) is 3. The predicted octanol–water partition coefficient (Wildman–Crippen LogP) is 0.888. The van der Waals surface area contributed by atoms with Crippen LogP contribution < -0.4 is 16.6 Å². The molecule has 72 valence electrons. The van der Waals surface area contributed by atoms with E-state index in [-0.39, 0.29) is 6.03 Å². The molecule has 0 aliphatic heterocycles. The summed E-state index contributed by atoms with van der Waals surface area (Å²) >= 11 is 0. The average Bonchev–Trinajstić information content (AvgIpc) is 1.96. The molecule has 5 heteroatoms. The summed E-state index contributed by atoms with van der Waals surface area (Å²) in [5.41, 5.74) is 2.02. The number of nitrogens with one attached hydrogen (secondary N) is 2. The highest BCUT2D eigenvalue weighted by Crippen LogP contribution is 2.09. The molecule has 0 atom stereocenters. The van der Waals surface area contributed by atoms with E-state index in [1.807, 2.05) is 5.43 Å². The Labute approximate surface area is 74.9 Å². The first-order valence-corrected chi connectivity index (χ1v) is 7.91. The van der Waals surface area contributed by atoms with Crippen molar-refractivity contribution in [1.29, 1.82) is 0 Å². The molecule has 4 nitrogen and oxygen atoms in total. The molecule has 4 N–H and O–H groups in total. The fraction of sp³-hybridized carbons (Fsp3) is 0.857. The summed E-state index contributed by atoms with van der Waals surface area (Å²) in [4.78, 5) is 10.6. The smallest absolute Gasteiger partial charge is 0.328 e. The van der Waals surface area contributed by atoms with Gasteiger partial charge in [0.05, 0.1) is 0 Å². The minimum Gasteiger partial charge on any atom is -0.337 e. The van der Waals surface area contributed by atoms with Crippen LogP contribution in [0.1, 0.15) is 6.42 Å². The van der Waals surface area contributed by atoms with Gasteiger partial charge in [0, 0.05) is 14.6 Å². The summed E-state index contributed by atoms with van der Waals surface area (Å²) in [7, 11) is -0.942. The lowest BCUT2D eigenvalue weighted by Crippen LogP contribution is -2.40. The predicted molar refractivity (Wildman–Crippen MR) is 53.5 cm³/mol. The van der Waals surface area contributed by atoms with Crippen LogP contribution in [-0.2, 0) is 0 Å². The average molecular weight is 189 g/mol. The third-order valence-electron chi connectivity index (χ3n) is 1.52. The Balaban J connectivity index is 3.28. The molecule has 0 radical (unpaired) electrons. The van der Waals surface area contributed by atoms with Crippen molar-refractivity contribution in [2.45, 2.75) is 32.1 Å². The van der Waals surface area contributed by atoms with E-state index in [0.29, 0.717) is 6.54 Å². The molecule has 0 aliphatic rings. The fourth-order valence-electron chi connectivity index (χ4n) is 0.872. The van der Waals surface area contributed by atoms with Crippen molar-refractivity contribution >= 4 is 14.1 Å². The maximum absolute atomic E-state index is 10.6. The Morgan fingerprint density at radius 1 is 1.42 bits per heavy atom. The van der Waals surface area contributed by atoms with Gasteiger partial charge in [-0.25, -0.2) is 10.6 Å². The third-order valence-corrected chi connectivity index (χ3v) is 3.37. The number of hydrazine groups is 1. The second-order valence-electron chi connectivity index (χ2n) is 4.06. The highest BCUT2D eigenvalue weighted by Gasteiger charge is 2.11. The Hall–Kier alpha value is -0.553. The van der Waals surface area contributed by atoms with E-state index in [1.165, 1.54) is 6.04 Å². The molecule has 0 rings (SSSR count). The SMILES string of the molecule is C[Si](C)(C)CCCNC(=O)NN. The molecular weight excluding hydrogens is 170 g/mol. The number of urea groups is 1. The first-order valence-electron chi connectivity index (χ1n) is 4.20. The van der Waals surface area contributed by atoms with Crippen molar-refractivity contribution in [1.82, 2.24) is 10.7 Å². The van der Waals surface area contributed by atoms with Gasteiger partial charge in [0.25, 0.3) is 0 Å². The summed E-state index contributed by atoms with van der Waals surface area (Å²) in [5, 5.41) is 2.65. The lowest BCUT2D eigenvalue weighted by atomic mass is 10.5. The molecule has 0 saturated carbocycles. The van der Waals surface area contributed by atoms with Crippen LogP contribution in [0, 0.1) is 0 Å². The first kappa shape index (κ1) is 11.4. The van der Waals surface area contributed by atoms with E-state index in [0.717, 1.165) is 6.42 Å². The summed E-state index contributed by atoms with van der Waals surface area (Å²) in [6, 6.07) is 0.934. The molecule has 0 spiro atoms. The molecule has 2 amide bonds. The van der Waals surface area contributed by atoms with Crippen molar-refractivity contribution in [2.24, 2.45) is 5.84 Å². The van der Waals surface area contributed by atoms with Crippen LogP contribution in [0.4, 0.5) is 4.79 Å². The van der Waals surface area contributed by atoms with Gasteiger partial charge in [-0.15, -0.1) is 0 Å². The highest BCUT2D eigenvalue weighted by molar-refractivity contribution is 6.76. The summed E-state index contributed by atoms with van der Waals surface area (Å²) in [5.74, 6) is 4.89. The molecule has 0 bridgehead atoms. The highest BCUT2D eigenvalue weighted by atomic mass is 28.3.